The number of ketones is 1. The van der Waals surface area contributed by atoms with Crippen molar-refractivity contribution in [3.8, 4) is 17.2 Å². The normalized spacial score (nSPS) is 14.0. The van der Waals surface area contributed by atoms with E-state index in [9.17, 15) is 9.18 Å². The number of hydrogen-bond donors (Lipinski definition) is 0. The molecule has 1 unspecified atom stereocenters. The maximum absolute atomic E-state index is 15.0. The van der Waals surface area contributed by atoms with E-state index in [4.69, 9.17) is 14.2 Å². The second-order valence-electron chi connectivity index (χ2n) is 6.76. The van der Waals surface area contributed by atoms with Crippen molar-refractivity contribution in [2.24, 2.45) is 0 Å². The highest BCUT2D eigenvalue weighted by Gasteiger charge is 2.27. The second-order valence-corrected chi connectivity index (χ2v) is 6.76. The molecule has 5 nitrogen and oxygen atoms in total. The molecular weight excluding hydrogens is 373 g/mol. The number of carbonyl (C=O) groups is 1. The molecule has 0 radical (unpaired) electrons. The number of nitrogens with zero attached hydrogens (tertiary/aromatic N) is 1. The summed E-state index contributed by atoms with van der Waals surface area (Å²) in [7, 11) is 1.60. The number of halogens is 1. The van der Waals surface area contributed by atoms with Gasteiger partial charge in [0, 0.05) is 24.4 Å². The molecule has 0 N–H and O–H groups in total. The van der Waals surface area contributed by atoms with Crippen molar-refractivity contribution in [2.45, 2.75) is 19.4 Å². The van der Waals surface area contributed by atoms with Crippen LogP contribution in [0.1, 0.15) is 39.6 Å². The van der Waals surface area contributed by atoms with Crippen LogP contribution >= 0.6 is 0 Å². The van der Waals surface area contributed by atoms with Crippen LogP contribution in [0.4, 0.5) is 4.39 Å². The van der Waals surface area contributed by atoms with Crippen molar-refractivity contribution in [1.29, 1.82) is 0 Å². The van der Waals surface area contributed by atoms with E-state index in [1.807, 2.05) is 36.4 Å². The van der Waals surface area contributed by atoms with Crippen LogP contribution in [0.2, 0.25) is 0 Å². The fourth-order valence-electron chi connectivity index (χ4n) is 3.42. The predicted molar refractivity (Wildman–Crippen MR) is 105 cm³/mol. The van der Waals surface area contributed by atoms with Gasteiger partial charge < -0.3 is 14.2 Å². The summed E-state index contributed by atoms with van der Waals surface area (Å²) >= 11 is 0. The van der Waals surface area contributed by atoms with Crippen molar-refractivity contribution in [2.75, 3.05) is 13.7 Å². The molecule has 1 aromatic heterocycles. The second kappa shape index (κ2) is 7.91. The van der Waals surface area contributed by atoms with E-state index in [1.165, 1.54) is 6.07 Å². The highest BCUT2D eigenvalue weighted by Crippen LogP contribution is 2.40. The number of pyridine rings is 1. The van der Waals surface area contributed by atoms with Gasteiger partial charge in [-0.1, -0.05) is 12.1 Å². The van der Waals surface area contributed by atoms with E-state index in [2.05, 4.69) is 4.98 Å². The Bertz CT molecular complexity index is 1030. The van der Waals surface area contributed by atoms with Crippen LogP contribution in [-0.4, -0.2) is 24.5 Å². The lowest BCUT2D eigenvalue weighted by Crippen LogP contribution is -2.18. The summed E-state index contributed by atoms with van der Waals surface area (Å²) in [6, 6.07) is 12.2. The smallest absolute Gasteiger partial charge is 0.170 e. The van der Waals surface area contributed by atoms with Gasteiger partial charge in [0.2, 0.25) is 0 Å². The Kier molecular flexibility index (Phi) is 5.16. The molecule has 0 aliphatic carbocycles. The Morgan fingerprint density at radius 2 is 1.79 bits per heavy atom. The van der Waals surface area contributed by atoms with Gasteiger partial charge in [-0.15, -0.1) is 0 Å². The lowest BCUT2D eigenvalue weighted by molar-refractivity contribution is 0.0931. The Morgan fingerprint density at radius 3 is 2.48 bits per heavy atom. The van der Waals surface area contributed by atoms with Crippen molar-refractivity contribution in [3.05, 3.63) is 82.9 Å². The maximum atomic E-state index is 15.0. The lowest BCUT2D eigenvalue weighted by Gasteiger charge is -2.25. The minimum atomic E-state index is -0.590. The summed E-state index contributed by atoms with van der Waals surface area (Å²) in [5, 5.41) is 0. The molecule has 2 heterocycles. The maximum Gasteiger partial charge on any atom is 0.170 e. The van der Waals surface area contributed by atoms with Crippen molar-refractivity contribution in [3.63, 3.8) is 0 Å². The van der Waals surface area contributed by atoms with Crippen LogP contribution in [0.3, 0.4) is 0 Å². The number of Topliss-reactive ketones (excluding diaryl/α,β-unsaturated/α-hetero) is 1. The first kappa shape index (κ1) is 18.9. The lowest BCUT2D eigenvalue weighted by atomic mass is 9.99. The molecule has 0 saturated heterocycles. The van der Waals surface area contributed by atoms with Gasteiger partial charge in [-0.2, -0.15) is 0 Å². The van der Waals surface area contributed by atoms with Gasteiger partial charge >= 0.3 is 0 Å². The van der Waals surface area contributed by atoms with E-state index in [0.717, 1.165) is 11.1 Å². The van der Waals surface area contributed by atoms with E-state index >= 15 is 0 Å². The topological polar surface area (TPSA) is 57.7 Å². The Morgan fingerprint density at radius 1 is 1.10 bits per heavy atom. The average molecular weight is 393 g/mol. The first-order chi connectivity index (χ1) is 14.1. The van der Waals surface area contributed by atoms with E-state index < -0.39 is 11.9 Å². The molecule has 0 bridgehead atoms. The SMILES string of the molecule is COc1ccc(C(Oc2c(F)cc3c(c2C)OCCC3=O)c2ccncc2)cc1. The molecular formula is C23H20FNO4. The number of benzene rings is 2. The highest BCUT2D eigenvalue weighted by molar-refractivity contribution is 6.00. The third-order valence-electron chi connectivity index (χ3n) is 4.95. The summed E-state index contributed by atoms with van der Waals surface area (Å²) in [4.78, 5) is 16.2. The van der Waals surface area contributed by atoms with Crippen LogP contribution < -0.4 is 14.2 Å². The molecule has 0 amide bonds. The number of methoxy groups -OCH3 is 1. The zero-order valence-corrected chi connectivity index (χ0v) is 16.1. The third kappa shape index (κ3) is 3.66. The average Bonchev–Trinajstić information content (AvgIpc) is 2.75. The molecule has 1 aliphatic heterocycles. The fourth-order valence-corrected chi connectivity index (χ4v) is 3.42. The molecule has 1 atom stereocenters. The van der Waals surface area contributed by atoms with Gasteiger partial charge in [0.1, 0.15) is 17.6 Å². The summed E-state index contributed by atoms with van der Waals surface area (Å²) in [5.41, 5.74) is 2.38. The highest BCUT2D eigenvalue weighted by atomic mass is 19.1. The van der Waals surface area contributed by atoms with Gasteiger partial charge in [0.25, 0.3) is 0 Å². The quantitative estimate of drug-likeness (QED) is 0.630. The summed E-state index contributed by atoms with van der Waals surface area (Å²) in [6.45, 7) is 1.98. The molecule has 29 heavy (non-hydrogen) atoms. The van der Waals surface area contributed by atoms with Crippen molar-refractivity contribution < 1.29 is 23.4 Å². The predicted octanol–water partition coefficient (Wildman–Crippen LogP) is 4.67. The first-order valence-electron chi connectivity index (χ1n) is 9.28. The molecule has 6 heteroatoms. The molecule has 0 spiro atoms. The zero-order chi connectivity index (χ0) is 20.4. The van der Waals surface area contributed by atoms with Crippen molar-refractivity contribution in [1.82, 2.24) is 4.98 Å². The molecule has 148 valence electrons. The number of ether oxygens (including phenoxy) is 3. The molecule has 0 fully saturated rings. The van der Waals surface area contributed by atoms with Gasteiger partial charge in [-0.25, -0.2) is 4.39 Å². The minimum Gasteiger partial charge on any atom is -0.497 e. The largest absolute Gasteiger partial charge is 0.497 e. The number of aromatic nitrogens is 1. The number of rotatable bonds is 5. The molecule has 0 saturated carbocycles. The zero-order valence-electron chi connectivity index (χ0n) is 16.1. The molecule has 2 aromatic carbocycles. The van der Waals surface area contributed by atoms with Gasteiger partial charge in [0.05, 0.1) is 19.3 Å². The standard InChI is InChI=1S/C23H20FNO4/c1-14-21-18(20(26)9-12-28-21)13-19(24)22(14)29-23(16-7-10-25-11-8-16)15-3-5-17(27-2)6-4-15/h3-8,10-11,13,23H,9,12H2,1-2H3. The van der Waals surface area contributed by atoms with Crippen LogP contribution in [0.15, 0.2) is 54.9 Å². The Hall–Kier alpha value is -3.41. The van der Waals surface area contributed by atoms with E-state index in [-0.39, 0.29) is 30.1 Å². The third-order valence-corrected chi connectivity index (χ3v) is 4.95. The monoisotopic (exact) mass is 393 g/mol. The van der Waals surface area contributed by atoms with Gasteiger partial charge in [-0.05, 0) is 48.4 Å². The Labute approximate surface area is 168 Å². The molecule has 4 rings (SSSR count). The Balaban J connectivity index is 1.78. The van der Waals surface area contributed by atoms with Gasteiger partial charge in [-0.3, -0.25) is 9.78 Å². The van der Waals surface area contributed by atoms with Crippen LogP contribution in [0.5, 0.6) is 17.2 Å². The summed E-state index contributed by atoms with van der Waals surface area (Å²) in [6.07, 6.45) is 2.99. The van der Waals surface area contributed by atoms with Gasteiger partial charge in [0.15, 0.2) is 17.3 Å². The number of carbonyl (C=O) groups excluding carboxylic acids is 1. The number of fused-ring (bicyclic) bond motifs is 1. The number of hydrogen-bond acceptors (Lipinski definition) is 5. The van der Waals surface area contributed by atoms with Crippen LogP contribution in [-0.2, 0) is 0 Å². The van der Waals surface area contributed by atoms with E-state index in [0.29, 0.717) is 17.1 Å². The minimum absolute atomic E-state index is 0.0658. The fraction of sp³-hybridized carbons (Fsp3) is 0.217. The summed E-state index contributed by atoms with van der Waals surface area (Å²) < 4.78 is 32.0. The van der Waals surface area contributed by atoms with Crippen LogP contribution in [0.25, 0.3) is 0 Å². The molecule has 3 aromatic rings. The molecule has 1 aliphatic rings. The first-order valence-corrected chi connectivity index (χ1v) is 9.28. The summed E-state index contributed by atoms with van der Waals surface area (Å²) in [5.74, 6) is 0.454. The van der Waals surface area contributed by atoms with Crippen molar-refractivity contribution >= 4 is 5.78 Å². The van der Waals surface area contributed by atoms with E-state index in [1.54, 1.807) is 26.4 Å². The van der Waals surface area contributed by atoms with Crippen LogP contribution in [0, 0.1) is 12.7 Å².